The van der Waals surface area contributed by atoms with Crippen LogP contribution >= 0.6 is 34.3 Å². The standard InChI is InChI=1S/C28H35ClN6O3S2/c1-17-4-5-18(2)35(17)15-23-28(20-10-24(29)39-16-20)32-26(40-23)11-22(36)21-12-31-25(13-30-21)34-9-8-33(14-19(34)3)7-6-27(37)38/h10,12-13,16-19H,4-9,11,14-15H2,1-3H3,(H,37,38)/t17-,18-,19-/m1/s1. The lowest BCUT2D eigenvalue weighted by molar-refractivity contribution is -0.137. The van der Waals surface area contributed by atoms with Crippen molar-refractivity contribution in [1.82, 2.24) is 24.8 Å². The summed E-state index contributed by atoms with van der Waals surface area (Å²) in [5, 5.41) is 11.8. The van der Waals surface area contributed by atoms with Gasteiger partial charge in [-0.25, -0.2) is 15.0 Å². The van der Waals surface area contributed by atoms with Gasteiger partial charge in [0.15, 0.2) is 5.78 Å². The third kappa shape index (κ3) is 6.71. The number of piperazine rings is 1. The molecule has 1 N–H and O–H groups in total. The van der Waals surface area contributed by atoms with E-state index in [-0.39, 0.29) is 24.7 Å². The molecule has 3 aromatic rings. The summed E-state index contributed by atoms with van der Waals surface area (Å²) in [6.45, 7) is 10.3. The summed E-state index contributed by atoms with van der Waals surface area (Å²) in [6.07, 6.45) is 5.93. The third-order valence-corrected chi connectivity index (χ3v) is 10.1. The smallest absolute Gasteiger partial charge is 0.304 e. The zero-order chi connectivity index (χ0) is 28.4. The minimum atomic E-state index is -0.780. The van der Waals surface area contributed by atoms with Crippen LogP contribution in [0.3, 0.4) is 0 Å². The quantitative estimate of drug-likeness (QED) is 0.318. The molecule has 2 saturated heterocycles. The second kappa shape index (κ2) is 12.6. The summed E-state index contributed by atoms with van der Waals surface area (Å²) in [6, 6.07) is 3.15. The summed E-state index contributed by atoms with van der Waals surface area (Å²) in [5.74, 6) is -0.161. The van der Waals surface area contributed by atoms with E-state index in [4.69, 9.17) is 21.7 Å². The summed E-state index contributed by atoms with van der Waals surface area (Å²) in [7, 11) is 0. The Morgan fingerprint density at radius 3 is 2.50 bits per heavy atom. The van der Waals surface area contributed by atoms with Crippen molar-refractivity contribution in [2.45, 2.75) is 71.1 Å². The molecule has 9 nitrogen and oxygen atoms in total. The maximum Gasteiger partial charge on any atom is 0.304 e. The number of aromatic nitrogens is 3. The number of anilines is 1. The molecular weight excluding hydrogens is 568 g/mol. The first kappa shape index (κ1) is 29.1. The molecule has 3 atom stereocenters. The number of carboxylic acids is 1. The Labute approximate surface area is 247 Å². The van der Waals surface area contributed by atoms with Gasteiger partial charge in [-0.15, -0.1) is 22.7 Å². The maximum atomic E-state index is 13.2. The van der Waals surface area contributed by atoms with Crippen LogP contribution in [-0.4, -0.2) is 85.9 Å². The fraction of sp³-hybridized carbons (Fsp3) is 0.536. The molecule has 0 unspecified atom stereocenters. The van der Waals surface area contributed by atoms with Crippen LogP contribution in [0.25, 0.3) is 11.3 Å². The highest BCUT2D eigenvalue weighted by Gasteiger charge is 2.30. The van der Waals surface area contributed by atoms with Gasteiger partial charge in [0.05, 0.1) is 35.3 Å². The van der Waals surface area contributed by atoms with E-state index < -0.39 is 5.97 Å². The molecule has 5 heterocycles. The van der Waals surface area contributed by atoms with Crippen LogP contribution in [0.15, 0.2) is 23.8 Å². The molecule has 5 rings (SSSR count). The van der Waals surface area contributed by atoms with Gasteiger partial charge in [-0.05, 0) is 39.7 Å². The van der Waals surface area contributed by atoms with Crippen molar-refractivity contribution in [3.8, 4) is 11.3 Å². The first-order valence-corrected chi connectivity index (χ1v) is 15.8. The predicted octanol–water partition coefficient (Wildman–Crippen LogP) is 5.10. The van der Waals surface area contributed by atoms with Crippen molar-refractivity contribution in [3.05, 3.63) is 43.8 Å². The molecule has 2 fully saturated rings. The number of carbonyl (C=O) groups is 2. The van der Waals surface area contributed by atoms with Gasteiger partial charge in [0.25, 0.3) is 0 Å². The van der Waals surface area contributed by atoms with Crippen LogP contribution in [0.5, 0.6) is 0 Å². The van der Waals surface area contributed by atoms with Crippen molar-refractivity contribution < 1.29 is 14.7 Å². The monoisotopic (exact) mass is 602 g/mol. The van der Waals surface area contributed by atoms with Crippen LogP contribution in [0.1, 0.15) is 60.4 Å². The Balaban J connectivity index is 1.26. The highest BCUT2D eigenvalue weighted by Crippen LogP contribution is 2.36. The highest BCUT2D eigenvalue weighted by atomic mass is 35.5. The van der Waals surface area contributed by atoms with E-state index in [0.29, 0.717) is 24.3 Å². The lowest BCUT2D eigenvalue weighted by Gasteiger charge is -2.40. The lowest BCUT2D eigenvalue weighted by Crippen LogP contribution is -2.52. The Morgan fingerprint density at radius 2 is 1.88 bits per heavy atom. The summed E-state index contributed by atoms with van der Waals surface area (Å²) < 4.78 is 0.723. The number of hydrogen-bond donors (Lipinski definition) is 1. The number of aliphatic carboxylic acids is 1. The zero-order valence-electron chi connectivity index (χ0n) is 23.0. The molecule has 12 heteroatoms. The number of likely N-dealkylation sites (tertiary alicyclic amines) is 1. The molecule has 40 heavy (non-hydrogen) atoms. The highest BCUT2D eigenvalue weighted by molar-refractivity contribution is 7.15. The Morgan fingerprint density at radius 1 is 1.10 bits per heavy atom. The first-order chi connectivity index (χ1) is 19.2. The van der Waals surface area contributed by atoms with Crippen LogP contribution in [0.4, 0.5) is 5.82 Å². The van der Waals surface area contributed by atoms with Crippen molar-refractivity contribution in [2.75, 3.05) is 31.1 Å². The second-order valence-electron chi connectivity index (χ2n) is 10.8. The largest absolute Gasteiger partial charge is 0.481 e. The van der Waals surface area contributed by atoms with Gasteiger partial charge in [-0.3, -0.25) is 19.4 Å². The lowest BCUT2D eigenvalue weighted by atomic mass is 10.2. The number of halogens is 1. The topological polar surface area (TPSA) is 103 Å². The molecule has 2 aliphatic rings. The molecule has 3 aromatic heterocycles. The molecule has 0 aliphatic carbocycles. The van der Waals surface area contributed by atoms with E-state index in [1.54, 1.807) is 23.7 Å². The molecule has 0 spiro atoms. The number of carboxylic acid groups (broad SMARTS) is 1. The number of Topliss-reactive ketones (excluding diaryl/α,β-unsaturated/α-hetero) is 1. The Bertz CT molecular complexity index is 1340. The molecule has 2 aliphatic heterocycles. The number of carbonyl (C=O) groups excluding carboxylic acids is 1. The third-order valence-electron chi connectivity index (χ3n) is 7.93. The summed E-state index contributed by atoms with van der Waals surface area (Å²) in [5.41, 5.74) is 2.25. The molecule has 0 aromatic carbocycles. The number of thiazole rings is 1. The predicted molar refractivity (Wildman–Crippen MR) is 160 cm³/mol. The van der Waals surface area contributed by atoms with E-state index in [1.807, 2.05) is 11.4 Å². The normalized spacial score (nSPS) is 22.2. The minimum Gasteiger partial charge on any atom is -0.481 e. The summed E-state index contributed by atoms with van der Waals surface area (Å²) >= 11 is 9.34. The van der Waals surface area contributed by atoms with Crippen molar-refractivity contribution >= 4 is 51.8 Å². The van der Waals surface area contributed by atoms with Crippen molar-refractivity contribution in [2.24, 2.45) is 0 Å². The maximum absolute atomic E-state index is 13.2. The van der Waals surface area contributed by atoms with Gasteiger partial charge in [0, 0.05) is 66.7 Å². The zero-order valence-corrected chi connectivity index (χ0v) is 25.4. The van der Waals surface area contributed by atoms with Crippen LogP contribution < -0.4 is 4.90 Å². The van der Waals surface area contributed by atoms with E-state index >= 15 is 0 Å². The fourth-order valence-electron chi connectivity index (χ4n) is 5.64. The second-order valence-corrected chi connectivity index (χ2v) is 13.5. The van der Waals surface area contributed by atoms with Gasteiger partial charge in [0.1, 0.15) is 16.5 Å². The average molecular weight is 603 g/mol. The fourth-order valence-corrected chi connectivity index (χ4v) is 7.60. The number of rotatable bonds is 10. The van der Waals surface area contributed by atoms with Gasteiger partial charge in [-0.2, -0.15) is 0 Å². The number of hydrogen-bond acceptors (Lipinski definition) is 10. The SMILES string of the molecule is C[C@@H]1CN(CCC(=O)O)CCN1c1cnc(C(=O)Cc2nc(-c3csc(Cl)c3)c(CN3[C@H](C)CC[C@H]3C)s2)cn1. The number of ketones is 1. The minimum absolute atomic E-state index is 0.108. The Kier molecular flexibility index (Phi) is 9.16. The molecule has 0 bridgehead atoms. The van der Waals surface area contributed by atoms with Crippen LogP contribution in [0, 0.1) is 0 Å². The first-order valence-electron chi connectivity index (χ1n) is 13.7. The van der Waals surface area contributed by atoms with Crippen LogP contribution in [0.2, 0.25) is 4.34 Å². The van der Waals surface area contributed by atoms with E-state index in [9.17, 15) is 9.59 Å². The number of nitrogens with zero attached hydrogens (tertiary/aromatic N) is 6. The van der Waals surface area contributed by atoms with Crippen LogP contribution in [-0.2, 0) is 17.8 Å². The van der Waals surface area contributed by atoms with Gasteiger partial charge in [0.2, 0.25) is 0 Å². The molecular formula is C28H35ClN6O3S2. The molecule has 0 radical (unpaired) electrons. The van der Waals surface area contributed by atoms with E-state index in [2.05, 4.69) is 45.4 Å². The molecule has 0 saturated carbocycles. The summed E-state index contributed by atoms with van der Waals surface area (Å²) in [4.78, 5) is 46.0. The Hall–Kier alpha value is -2.44. The molecule has 0 amide bonds. The van der Waals surface area contributed by atoms with Gasteiger partial charge < -0.3 is 10.0 Å². The average Bonchev–Trinajstić information content (AvgIpc) is 3.62. The number of thiophene rings is 1. The van der Waals surface area contributed by atoms with E-state index in [1.165, 1.54) is 24.2 Å². The van der Waals surface area contributed by atoms with Crippen molar-refractivity contribution in [1.29, 1.82) is 0 Å². The van der Waals surface area contributed by atoms with Gasteiger partial charge in [-0.1, -0.05) is 11.6 Å². The molecule has 214 valence electrons. The van der Waals surface area contributed by atoms with Crippen molar-refractivity contribution in [3.63, 3.8) is 0 Å². The van der Waals surface area contributed by atoms with E-state index in [0.717, 1.165) is 57.5 Å². The van der Waals surface area contributed by atoms with Gasteiger partial charge >= 0.3 is 5.97 Å².